The number of carbonyl (C=O) groups excluding carboxylic acids is 1. The summed E-state index contributed by atoms with van der Waals surface area (Å²) in [6.07, 6.45) is -2.24. The fourth-order valence-corrected chi connectivity index (χ4v) is 3.20. The van der Waals surface area contributed by atoms with Crippen molar-refractivity contribution in [1.82, 2.24) is 9.66 Å². The van der Waals surface area contributed by atoms with E-state index in [1.165, 1.54) is 24.3 Å². The second kappa shape index (κ2) is 7.55. The lowest BCUT2D eigenvalue weighted by atomic mass is 10.1. The van der Waals surface area contributed by atoms with Crippen LogP contribution in [0.4, 0.5) is 17.6 Å². The van der Waals surface area contributed by atoms with Gasteiger partial charge in [0.15, 0.2) is 0 Å². The smallest absolute Gasteiger partial charge is 0.273 e. The number of rotatable bonds is 5. The first-order chi connectivity index (χ1) is 14.2. The summed E-state index contributed by atoms with van der Waals surface area (Å²) in [4.78, 5) is 29.7. The number of benzene rings is 2. The minimum atomic E-state index is -4.46. The first-order valence-corrected chi connectivity index (χ1v) is 9.38. The highest BCUT2D eigenvalue weighted by Gasteiger charge is 2.30. The van der Waals surface area contributed by atoms with Crippen LogP contribution in [0.2, 0.25) is 0 Å². The Kier molecular flexibility index (Phi) is 5.05. The summed E-state index contributed by atoms with van der Waals surface area (Å²) in [5.41, 5.74) is 1.74. The number of aromatic nitrogens is 2. The highest BCUT2D eigenvalue weighted by molar-refractivity contribution is 5.86. The number of nitrogens with one attached hydrogen (secondary N) is 1. The van der Waals surface area contributed by atoms with E-state index in [1.807, 2.05) is 0 Å². The van der Waals surface area contributed by atoms with Crippen molar-refractivity contribution in [3.05, 3.63) is 75.6 Å². The van der Waals surface area contributed by atoms with Gasteiger partial charge in [-0.05, 0) is 48.6 Å². The van der Waals surface area contributed by atoms with Crippen molar-refractivity contribution in [2.75, 3.05) is 5.43 Å². The Balaban J connectivity index is 1.60. The number of nitrogens with zero attached hydrogens (tertiary/aromatic N) is 2. The molecule has 0 atom stereocenters. The Morgan fingerprint density at radius 2 is 1.83 bits per heavy atom. The fraction of sp³-hybridized carbons (Fsp3) is 0.286. The van der Waals surface area contributed by atoms with Gasteiger partial charge in [-0.3, -0.25) is 15.0 Å². The fourth-order valence-electron chi connectivity index (χ4n) is 3.20. The Morgan fingerprint density at radius 3 is 2.47 bits per heavy atom. The molecule has 0 aliphatic heterocycles. The van der Waals surface area contributed by atoms with Gasteiger partial charge in [-0.1, -0.05) is 12.1 Å². The zero-order valence-corrected chi connectivity index (χ0v) is 15.7. The highest BCUT2D eigenvalue weighted by Crippen LogP contribution is 2.32. The summed E-state index contributed by atoms with van der Waals surface area (Å²) in [5.74, 6) is -0.421. The molecule has 5 nitrogen and oxygen atoms in total. The second-order valence-corrected chi connectivity index (χ2v) is 7.38. The van der Waals surface area contributed by atoms with Crippen LogP contribution in [0.15, 0.2) is 47.3 Å². The molecular formula is C21H17F4N3O2. The van der Waals surface area contributed by atoms with Gasteiger partial charge in [0.1, 0.15) is 11.6 Å². The van der Waals surface area contributed by atoms with E-state index in [1.54, 1.807) is 0 Å². The summed E-state index contributed by atoms with van der Waals surface area (Å²) in [5, 5.41) is 0.158. The molecule has 156 valence electrons. The first kappa shape index (κ1) is 20.1. The maximum atomic E-state index is 13.5. The molecular weight excluding hydrogens is 402 g/mol. The van der Waals surface area contributed by atoms with E-state index in [-0.39, 0.29) is 17.3 Å². The van der Waals surface area contributed by atoms with Gasteiger partial charge in [0.25, 0.3) is 5.56 Å². The molecule has 1 aliphatic carbocycles. The normalized spacial score (nSPS) is 14.1. The molecule has 4 rings (SSSR count). The third-order valence-electron chi connectivity index (χ3n) is 4.95. The molecule has 30 heavy (non-hydrogen) atoms. The van der Waals surface area contributed by atoms with Crippen LogP contribution in [-0.4, -0.2) is 15.6 Å². The van der Waals surface area contributed by atoms with E-state index in [4.69, 9.17) is 0 Å². The maximum Gasteiger partial charge on any atom is 0.416 e. The van der Waals surface area contributed by atoms with Gasteiger partial charge in [0.05, 0.1) is 22.9 Å². The maximum absolute atomic E-state index is 13.5. The number of halogens is 4. The number of hydrogen-bond donors (Lipinski definition) is 1. The van der Waals surface area contributed by atoms with Crippen LogP contribution < -0.4 is 11.0 Å². The molecule has 3 aromatic rings. The van der Waals surface area contributed by atoms with E-state index in [0.29, 0.717) is 23.7 Å². The lowest BCUT2D eigenvalue weighted by Gasteiger charge is -2.14. The molecule has 9 heteroatoms. The molecule has 0 spiro atoms. The second-order valence-electron chi connectivity index (χ2n) is 7.38. The Bertz CT molecular complexity index is 1170. The van der Waals surface area contributed by atoms with Gasteiger partial charge in [0, 0.05) is 12.5 Å². The third-order valence-corrected chi connectivity index (χ3v) is 4.95. The monoisotopic (exact) mass is 419 g/mol. The summed E-state index contributed by atoms with van der Waals surface area (Å²) in [7, 11) is 0. The van der Waals surface area contributed by atoms with Crippen molar-refractivity contribution >= 4 is 16.8 Å². The molecule has 0 saturated heterocycles. The van der Waals surface area contributed by atoms with Crippen LogP contribution in [-0.2, 0) is 23.8 Å². The van der Waals surface area contributed by atoms with Crippen molar-refractivity contribution in [2.45, 2.75) is 31.9 Å². The van der Waals surface area contributed by atoms with Crippen LogP contribution >= 0.6 is 0 Å². The molecule has 2 aromatic carbocycles. The van der Waals surface area contributed by atoms with E-state index in [2.05, 4.69) is 10.4 Å². The highest BCUT2D eigenvalue weighted by atomic mass is 19.4. The predicted molar refractivity (Wildman–Crippen MR) is 102 cm³/mol. The molecule has 0 unspecified atom stereocenters. The van der Waals surface area contributed by atoms with Crippen LogP contribution in [0.3, 0.4) is 0 Å². The minimum absolute atomic E-state index is 0.158. The minimum Gasteiger partial charge on any atom is -0.273 e. The standard InChI is InChI=1S/C21H17F4N3O2/c22-15-7-8-16-17(11-15)26-18(9-12-1-2-12)28(20(16)30)27-19(29)10-13-3-5-14(6-4-13)21(23,24)25/h3-8,11-12H,1-2,9-10H2,(H,27,29). The molecule has 1 aliphatic rings. The third kappa shape index (κ3) is 4.34. The predicted octanol–water partition coefficient (Wildman–Crippen LogP) is 3.82. The molecule has 1 saturated carbocycles. The lowest BCUT2D eigenvalue weighted by molar-refractivity contribution is -0.137. The quantitative estimate of drug-likeness (QED) is 0.640. The van der Waals surface area contributed by atoms with Crippen molar-refractivity contribution in [2.24, 2.45) is 5.92 Å². The van der Waals surface area contributed by atoms with Crippen molar-refractivity contribution in [3.63, 3.8) is 0 Å². The number of hydrogen-bond acceptors (Lipinski definition) is 3. The van der Waals surface area contributed by atoms with Crippen molar-refractivity contribution < 1.29 is 22.4 Å². The average Bonchev–Trinajstić information content (AvgIpc) is 3.48. The SMILES string of the molecule is O=C(Cc1ccc(C(F)(F)F)cc1)Nn1c(CC2CC2)nc2cc(F)ccc2c1=O. The summed E-state index contributed by atoms with van der Waals surface area (Å²) < 4.78 is 52.6. The van der Waals surface area contributed by atoms with Crippen LogP contribution in [0.5, 0.6) is 0 Å². The number of alkyl halides is 3. The van der Waals surface area contributed by atoms with Crippen LogP contribution in [0.1, 0.15) is 29.8 Å². The molecule has 1 heterocycles. The Hall–Kier alpha value is -3.23. The number of carbonyl (C=O) groups is 1. The number of fused-ring (bicyclic) bond motifs is 1. The molecule has 0 radical (unpaired) electrons. The largest absolute Gasteiger partial charge is 0.416 e. The van der Waals surface area contributed by atoms with Crippen molar-refractivity contribution in [1.29, 1.82) is 0 Å². The summed E-state index contributed by atoms with van der Waals surface area (Å²) in [6.45, 7) is 0. The van der Waals surface area contributed by atoms with E-state index < -0.39 is 29.0 Å². The van der Waals surface area contributed by atoms with Gasteiger partial charge in [-0.15, -0.1) is 0 Å². The molecule has 1 N–H and O–H groups in total. The van der Waals surface area contributed by atoms with Crippen LogP contribution in [0.25, 0.3) is 10.9 Å². The molecule has 1 amide bonds. The summed E-state index contributed by atoms with van der Waals surface area (Å²) in [6, 6.07) is 7.86. The average molecular weight is 419 g/mol. The Labute approximate surface area is 168 Å². The lowest BCUT2D eigenvalue weighted by Crippen LogP contribution is -2.37. The number of amides is 1. The van der Waals surface area contributed by atoms with E-state index in [9.17, 15) is 27.2 Å². The van der Waals surface area contributed by atoms with Gasteiger partial charge in [-0.2, -0.15) is 13.2 Å². The Morgan fingerprint density at radius 1 is 1.13 bits per heavy atom. The van der Waals surface area contributed by atoms with Gasteiger partial charge >= 0.3 is 6.18 Å². The zero-order valence-electron chi connectivity index (χ0n) is 15.7. The first-order valence-electron chi connectivity index (χ1n) is 9.38. The molecule has 1 aromatic heterocycles. The zero-order chi connectivity index (χ0) is 21.5. The van der Waals surface area contributed by atoms with E-state index >= 15 is 0 Å². The summed E-state index contributed by atoms with van der Waals surface area (Å²) >= 11 is 0. The van der Waals surface area contributed by atoms with E-state index in [0.717, 1.165) is 35.7 Å². The van der Waals surface area contributed by atoms with Crippen molar-refractivity contribution in [3.8, 4) is 0 Å². The topological polar surface area (TPSA) is 64.0 Å². The molecule has 0 bridgehead atoms. The molecule has 1 fully saturated rings. The van der Waals surface area contributed by atoms with Gasteiger partial charge in [0.2, 0.25) is 5.91 Å². The van der Waals surface area contributed by atoms with Gasteiger partial charge < -0.3 is 0 Å². The van der Waals surface area contributed by atoms with Crippen LogP contribution in [0, 0.1) is 11.7 Å². The van der Waals surface area contributed by atoms with Gasteiger partial charge in [-0.25, -0.2) is 14.1 Å².